The highest BCUT2D eigenvalue weighted by Gasteiger charge is 2.43. The smallest absolute Gasteiger partial charge is 0.411 e. The van der Waals surface area contributed by atoms with Gasteiger partial charge >= 0.3 is 11.8 Å². The minimum absolute atomic E-state index is 0.0185. The standard InChI is InChI=1S/C26H28FN3O4/c1-18(19-4-6-20(7-5-19)23-12-15-29(2)24(32)28-23)30-16-14-26(13-3-17-31,34-25(30)33)21-8-10-22(27)11-9-21/h4-12,15,18,31H,3,13-14,16-17H2,1-2H3/t18-,26+/m0/s1. The highest BCUT2D eigenvalue weighted by Crippen LogP contribution is 2.40. The minimum atomic E-state index is -0.890. The van der Waals surface area contributed by atoms with Crippen LogP contribution >= 0.6 is 0 Å². The lowest BCUT2D eigenvalue weighted by molar-refractivity contribution is -0.0680. The van der Waals surface area contributed by atoms with Crippen LogP contribution in [-0.4, -0.2) is 38.8 Å². The van der Waals surface area contributed by atoms with E-state index in [1.165, 1.54) is 16.7 Å². The number of cyclic esters (lactones) is 1. The second-order valence-electron chi connectivity index (χ2n) is 8.64. The Morgan fingerprint density at radius 1 is 1.12 bits per heavy atom. The zero-order chi connectivity index (χ0) is 24.3. The van der Waals surface area contributed by atoms with E-state index in [0.29, 0.717) is 31.5 Å². The van der Waals surface area contributed by atoms with Gasteiger partial charge in [-0.3, -0.25) is 0 Å². The predicted octanol–water partition coefficient (Wildman–Crippen LogP) is 4.16. The molecule has 1 aliphatic rings. The molecular weight excluding hydrogens is 437 g/mol. The van der Waals surface area contributed by atoms with E-state index in [9.17, 15) is 19.1 Å². The first-order valence-electron chi connectivity index (χ1n) is 11.3. The van der Waals surface area contributed by atoms with Crippen LogP contribution in [0.25, 0.3) is 11.3 Å². The molecule has 0 saturated carbocycles. The van der Waals surface area contributed by atoms with E-state index in [1.807, 2.05) is 31.2 Å². The molecule has 0 unspecified atom stereocenters. The summed E-state index contributed by atoms with van der Waals surface area (Å²) in [5.74, 6) is -0.354. The second-order valence-corrected chi connectivity index (χ2v) is 8.64. The first-order valence-corrected chi connectivity index (χ1v) is 11.3. The van der Waals surface area contributed by atoms with E-state index < -0.39 is 11.7 Å². The van der Waals surface area contributed by atoms with Crippen LogP contribution in [0, 0.1) is 5.82 Å². The van der Waals surface area contributed by atoms with Gasteiger partial charge in [-0.1, -0.05) is 36.4 Å². The lowest BCUT2D eigenvalue weighted by Crippen LogP contribution is -2.48. The third kappa shape index (κ3) is 4.72. The van der Waals surface area contributed by atoms with Crippen molar-refractivity contribution in [2.24, 2.45) is 7.05 Å². The first-order chi connectivity index (χ1) is 16.3. The molecule has 4 rings (SSSR count). The highest BCUT2D eigenvalue weighted by molar-refractivity contribution is 5.70. The van der Waals surface area contributed by atoms with Crippen LogP contribution in [0.5, 0.6) is 0 Å². The van der Waals surface area contributed by atoms with Crippen molar-refractivity contribution in [1.29, 1.82) is 0 Å². The molecule has 2 heterocycles. The van der Waals surface area contributed by atoms with Gasteiger partial charge in [-0.15, -0.1) is 0 Å². The SMILES string of the molecule is C[C@@H](c1ccc(-c2ccn(C)c(=O)n2)cc1)N1CC[C@](CCCO)(c2ccc(F)cc2)OC1=O. The third-order valence-electron chi connectivity index (χ3n) is 6.51. The van der Waals surface area contributed by atoms with Crippen molar-refractivity contribution in [3.63, 3.8) is 0 Å². The number of carbonyl (C=O) groups excluding carboxylic acids is 1. The number of amides is 1. The van der Waals surface area contributed by atoms with E-state index in [4.69, 9.17) is 4.74 Å². The van der Waals surface area contributed by atoms with Crippen molar-refractivity contribution >= 4 is 6.09 Å². The number of aliphatic hydroxyl groups excluding tert-OH is 1. The number of ether oxygens (including phenoxy) is 1. The van der Waals surface area contributed by atoms with Crippen molar-refractivity contribution in [2.45, 2.75) is 37.8 Å². The fourth-order valence-corrected chi connectivity index (χ4v) is 4.40. The molecule has 0 aliphatic carbocycles. The van der Waals surface area contributed by atoms with Gasteiger partial charge in [-0.25, -0.2) is 14.0 Å². The topological polar surface area (TPSA) is 84.7 Å². The van der Waals surface area contributed by atoms with Crippen molar-refractivity contribution in [2.75, 3.05) is 13.2 Å². The highest BCUT2D eigenvalue weighted by atomic mass is 19.1. The fraction of sp³-hybridized carbons (Fsp3) is 0.346. The molecule has 1 saturated heterocycles. The van der Waals surface area contributed by atoms with Gasteiger partial charge in [0.1, 0.15) is 11.4 Å². The zero-order valence-electron chi connectivity index (χ0n) is 19.3. The van der Waals surface area contributed by atoms with Crippen molar-refractivity contribution < 1.29 is 19.0 Å². The molecule has 8 heteroatoms. The summed E-state index contributed by atoms with van der Waals surface area (Å²) in [6, 6.07) is 15.1. The van der Waals surface area contributed by atoms with Gasteiger partial charge in [-0.05, 0) is 49.1 Å². The Morgan fingerprint density at radius 2 is 1.82 bits per heavy atom. The molecule has 3 aromatic rings. The fourth-order valence-electron chi connectivity index (χ4n) is 4.40. The number of carbonyl (C=O) groups is 1. The first kappa shape index (κ1) is 23.6. The van der Waals surface area contributed by atoms with Gasteiger partial charge in [0.05, 0.1) is 11.7 Å². The molecule has 7 nitrogen and oxygen atoms in total. The van der Waals surface area contributed by atoms with Crippen molar-refractivity contribution in [3.8, 4) is 11.3 Å². The van der Waals surface area contributed by atoms with E-state index in [2.05, 4.69) is 4.98 Å². The third-order valence-corrected chi connectivity index (χ3v) is 6.51. The quantitative estimate of drug-likeness (QED) is 0.567. The van der Waals surface area contributed by atoms with Crippen LogP contribution in [0.3, 0.4) is 0 Å². The summed E-state index contributed by atoms with van der Waals surface area (Å²) in [5, 5.41) is 9.36. The molecule has 1 aromatic heterocycles. The molecule has 34 heavy (non-hydrogen) atoms. The number of aromatic nitrogens is 2. The van der Waals surface area contributed by atoms with Gasteiger partial charge < -0.3 is 19.3 Å². The van der Waals surface area contributed by atoms with Crippen LogP contribution in [0.4, 0.5) is 9.18 Å². The van der Waals surface area contributed by atoms with E-state index in [-0.39, 0.29) is 24.2 Å². The Bertz CT molecular complexity index is 1210. The normalized spacial score (nSPS) is 19.1. The minimum Gasteiger partial charge on any atom is -0.438 e. The Kier molecular flexibility index (Phi) is 6.79. The molecule has 0 bridgehead atoms. The molecule has 2 aromatic carbocycles. The Morgan fingerprint density at radius 3 is 2.44 bits per heavy atom. The molecule has 1 fully saturated rings. The number of hydrogen-bond donors (Lipinski definition) is 1. The number of benzene rings is 2. The van der Waals surface area contributed by atoms with Crippen LogP contribution in [0.2, 0.25) is 0 Å². The molecule has 178 valence electrons. The average Bonchev–Trinajstić information content (AvgIpc) is 2.84. The van der Waals surface area contributed by atoms with E-state index in [1.54, 1.807) is 36.3 Å². The van der Waals surface area contributed by atoms with Crippen molar-refractivity contribution in [1.82, 2.24) is 14.5 Å². The second kappa shape index (κ2) is 9.77. The molecule has 2 atom stereocenters. The van der Waals surface area contributed by atoms with Crippen molar-refractivity contribution in [3.05, 3.63) is 88.2 Å². The maximum absolute atomic E-state index is 13.5. The summed E-state index contributed by atoms with van der Waals surface area (Å²) < 4.78 is 20.9. The largest absolute Gasteiger partial charge is 0.438 e. The number of nitrogens with zero attached hydrogens (tertiary/aromatic N) is 3. The number of aryl methyl sites for hydroxylation is 1. The summed E-state index contributed by atoms with van der Waals surface area (Å²) in [4.78, 5) is 30.7. The van der Waals surface area contributed by atoms with Gasteiger partial charge in [0.25, 0.3) is 0 Å². The van der Waals surface area contributed by atoms with Gasteiger partial charge in [0.15, 0.2) is 0 Å². The predicted molar refractivity (Wildman–Crippen MR) is 126 cm³/mol. The number of rotatable bonds is 7. The summed E-state index contributed by atoms with van der Waals surface area (Å²) in [6.07, 6.45) is 2.69. The lowest BCUT2D eigenvalue weighted by atomic mass is 9.84. The van der Waals surface area contributed by atoms with Gasteiger partial charge in [-0.2, -0.15) is 4.98 Å². The maximum Gasteiger partial charge on any atom is 0.411 e. The van der Waals surface area contributed by atoms with Crippen LogP contribution in [0.15, 0.2) is 65.6 Å². The van der Waals surface area contributed by atoms with E-state index >= 15 is 0 Å². The average molecular weight is 466 g/mol. The summed E-state index contributed by atoms with van der Waals surface area (Å²) in [6.45, 7) is 2.38. The molecule has 0 radical (unpaired) electrons. The van der Waals surface area contributed by atoms with Crippen LogP contribution in [-0.2, 0) is 17.4 Å². The zero-order valence-corrected chi connectivity index (χ0v) is 19.3. The monoisotopic (exact) mass is 465 g/mol. The molecular formula is C26H28FN3O4. The molecule has 1 amide bonds. The Hall–Kier alpha value is -3.52. The molecule has 0 spiro atoms. The molecule has 1 N–H and O–H groups in total. The maximum atomic E-state index is 13.5. The Balaban J connectivity index is 1.52. The summed E-state index contributed by atoms with van der Waals surface area (Å²) in [5.41, 5.74) is 1.85. The lowest BCUT2D eigenvalue weighted by Gasteiger charge is -2.43. The summed E-state index contributed by atoms with van der Waals surface area (Å²) in [7, 11) is 1.65. The number of aliphatic hydroxyl groups is 1. The molecule has 1 aliphatic heterocycles. The Labute approximate surface area is 197 Å². The van der Waals surface area contributed by atoms with E-state index in [0.717, 1.165) is 16.7 Å². The number of halogens is 1. The summed E-state index contributed by atoms with van der Waals surface area (Å²) >= 11 is 0. The number of hydrogen-bond acceptors (Lipinski definition) is 5. The van der Waals surface area contributed by atoms with Gasteiger partial charge in [0, 0.05) is 38.4 Å². The van der Waals surface area contributed by atoms with Crippen LogP contribution in [0.1, 0.15) is 43.4 Å². The van der Waals surface area contributed by atoms with Crippen LogP contribution < -0.4 is 5.69 Å². The van der Waals surface area contributed by atoms with Gasteiger partial charge in [0.2, 0.25) is 0 Å².